The maximum absolute atomic E-state index is 12.5. The number of urea groups is 1. The van der Waals surface area contributed by atoms with Gasteiger partial charge in [-0.1, -0.05) is 18.2 Å². The molecule has 2 aliphatic rings. The summed E-state index contributed by atoms with van der Waals surface area (Å²) in [7, 11) is -3.51. The van der Waals surface area contributed by atoms with E-state index < -0.39 is 10.0 Å². The van der Waals surface area contributed by atoms with Crippen molar-refractivity contribution >= 4 is 22.0 Å². The Morgan fingerprint density at radius 3 is 2.23 bits per heavy atom. The lowest BCUT2D eigenvalue weighted by molar-refractivity contribution is -0.127. The van der Waals surface area contributed by atoms with Crippen LogP contribution in [0.25, 0.3) is 0 Å². The van der Waals surface area contributed by atoms with Crippen LogP contribution >= 0.6 is 0 Å². The van der Waals surface area contributed by atoms with Crippen LogP contribution < -0.4 is 5.32 Å². The molecule has 2 fully saturated rings. The Morgan fingerprint density at radius 2 is 1.68 bits per heavy atom. The Bertz CT molecular complexity index is 665. The van der Waals surface area contributed by atoms with E-state index in [1.54, 1.807) is 30.3 Å². The third-order valence-electron chi connectivity index (χ3n) is 4.05. The van der Waals surface area contributed by atoms with Gasteiger partial charge >= 0.3 is 6.03 Å². The second-order valence-electron chi connectivity index (χ2n) is 5.37. The highest BCUT2D eigenvalue weighted by molar-refractivity contribution is 7.89. The zero-order valence-corrected chi connectivity index (χ0v) is 12.8. The number of amides is 3. The molecule has 0 saturated carbocycles. The van der Waals surface area contributed by atoms with Crippen LogP contribution in [0.3, 0.4) is 0 Å². The van der Waals surface area contributed by atoms with E-state index in [0.717, 1.165) is 0 Å². The van der Waals surface area contributed by atoms with Gasteiger partial charge in [-0.15, -0.1) is 0 Å². The van der Waals surface area contributed by atoms with Gasteiger partial charge in [-0.25, -0.2) is 13.2 Å². The van der Waals surface area contributed by atoms with Crippen LogP contribution in [-0.2, 0) is 14.8 Å². The van der Waals surface area contributed by atoms with Crippen molar-refractivity contribution < 1.29 is 18.0 Å². The summed E-state index contributed by atoms with van der Waals surface area (Å²) in [4.78, 5) is 24.8. The highest BCUT2D eigenvalue weighted by Gasteiger charge is 2.38. The molecule has 3 amide bonds. The lowest BCUT2D eigenvalue weighted by Gasteiger charge is -2.34. The predicted octanol–water partition coefficient (Wildman–Crippen LogP) is 0.392. The van der Waals surface area contributed by atoms with E-state index in [9.17, 15) is 18.0 Å². The number of hydrogen-bond acceptors (Lipinski definition) is 4. The predicted molar refractivity (Wildman–Crippen MR) is 78.5 cm³/mol. The Hall–Kier alpha value is -1.93. The van der Waals surface area contributed by atoms with Crippen LogP contribution in [0.2, 0.25) is 0 Å². The third-order valence-corrected chi connectivity index (χ3v) is 5.96. The van der Waals surface area contributed by atoms with Gasteiger partial charge in [0.1, 0.15) is 0 Å². The van der Waals surface area contributed by atoms with Crippen LogP contribution in [0.4, 0.5) is 4.79 Å². The van der Waals surface area contributed by atoms with Gasteiger partial charge in [-0.2, -0.15) is 4.31 Å². The van der Waals surface area contributed by atoms with E-state index in [4.69, 9.17) is 0 Å². The Kier molecular flexibility index (Phi) is 3.88. The first-order chi connectivity index (χ1) is 10.5. The molecule has 7 nitrogen and oxygen atoms in total. The molecule has 3 rings (SSSR count). The molecule has 1 aromatic carbocycles. The fraction of sp³-hybridized carbons (Fsp3) is 0.429. The lowest BCUT2D eigenvalue weighted by Crippen LogP contribution is -2.48. The molecule has 0 radical (unpaired) electrons. The number of hydrogen-bond donors (Lipinski definition) is 1. The fourth-order valence-electron chi connectivity index (χ4n) is 2.89. The maximum Gasteiger partial charge on any atom is 0.324 e. The summed E-state index contributed by atoms with van der Waals surface area (Å²) >= 11 is 0. The summed E-state index contributed by atoms with van der Waals surface area (Å²) in [6, 6.07) is 7.67. The lowest BCUT2D eigenvalue weighted by atomic mass is 10.1. The molecule has 0 unspecified atom stereocenters. The number of nitrogens with one attached hydrogen (secondary N) is 1. The van der Waals surface area contributed by atoms with Crippen molar-refractivity contribution in [3.05, 3.63) is 30.3 Å². The van der Waals surface area contributed by atoms with Crippen LogP contribution in [0, 0.1) is 0 Å². The number of piperidine rings is 1. The van der Waals surface area contributed by atoms with Crippen molar-refractivity contribution in [3.8, 4) is 0 Å². The monoisotopic (exact) mass is 323 g/mol. The number of sulfonamides is 1. The number of carbonyl (C=O) groups is 2. The normalized spacial score (nSPS) is 21.2. The van der Waals surface area contributed by atoms with Gasteiger partial charge in [-0.3, -0.25) is 9.69 Å². The molecular weight excluding hydrogens is 306 g/mol. The molecule has 2 heterocycles. The number of nitrogens with zero attached hydrogens (tertiary/aromatic N) is 2. The molecule has 0 atom stereocenters. The van der Waals surface area contributed by atoms with Gasteiger partial charge in [0.15, 0.2) is 0 Å². The molecule has 0 aliphatic carbocycles. The fourth-order valence-corrected chi connectivity index (χ4v) is 4.38. The first kappa shape index (κ1) is 15.0. The Labute approximate surface area is 128 Å². The standard InChI is InChI=1S/C14H17N3O4S/c18-13-10-15-14(19)17(13)11-6-8-16(9-7-11)22(20,21)12-4-2-1-3-5-12/h1-5,11H,6-10H2,(H,15,19). The third kappa shape index (κ3) is 2.59. The minimum absolute atomic E-state index is 0.0291. The summed E-state index contributed by atoms with van der Waals surface area (Å²) in [5.41, 5.74) is 0. The summed E-state index contributed by atoms with van der Waals surface area (Å²) in [6.07, 6.45) is 0.927. The molecule has 0 spiro atoms. The Morgan fingerprint density at radius 1 is 1.05 bits per heavy atom. The van der Waals surface area contributed by atoms with E-state index in [2.05, 4.69) is 5.32 Å². The van der Waals surface area contributed by atoms with Crippen LogP contribution in [0.1, 0.15) is 12.8 Å². The highest BCUT2D eigenvalue weighted by atomic mass is 32.2. The minimum atomic E-state index is -3.51. The van der Waals surface area contributed by atoms with Crippen molar-refractivity contribution in [2.45, 2.75) is 23.8 Å². The quantitative estimate of drug-likeness (QED) is 0.815. The van der Waals surface area contributed by atoms with E-state index >= 15 is 0 Å². The number of carbonyl (C=O) groups excluding carboxylic acids is 2. The first-order valence-electron chi connectivity index (χ1n) is 7.15. The second-order valence-corrected chi connectivity index (χ2v) is 7.31. The SMILES string of the molecule is O=C1CNC(=O)N1C1CCN(S(=O)(=O)c2ccccc2)CC1. The minimum Gasteiger partial charge on any atom is -0.329 e. The number of imide groups is 1. The second kappa shape index (κ2) is 5.69. The summed E-state index contributed by atoms with van der Waals surface area (Å²) < 4.78 is 26.4. The molecule has 0 bridgehead atoms. The number of rotatable bonds is 3. The van der Waals surface area contributed by atoms with Crippen LogP contribution in [-0.4, -0.2) is 55.2 Å². The van der Waals surface area contributed by atoms with Crippen molar-refractivity contribution in [1.82, 2.24) is 14.5 Å². The van der Waals surface area contributed by atoms with Crippen molar-refractivity contribution in [2.24, 2.45) is 0 Å². The van der Waals surface area contributed by atoms with Crippen molar-refractivity contribution in [3.63, 3.8) is 0 Å². The highest BCUT2D eigenvalue weighted by Crippen LogP contribution is 2.24. The van der Waals surface area contributed by atoms with E-state index in [1.807, 2.05) is 0 Å². The zero-order valence-electron chi connectivity index (χ0n) is 11.9. The van der Waals surface area contributed by atoms with Crippen LogP contribution in [0.5, 0.6) is 0 Å². The summed E-state index contributed by atoms with van der Waals surface area (Å²) in [6.45, 7) is 0.638. The molecular formula is C14H17N3O4S. The molecule has 118 valence electrons. The number of benzene rings is 1. The summed E-state index contributed by atoms with van der Waals surface area (Å²) in [5.74, 6) is -0.241. The van der Waals surface area contributed by atoms with E-state index in [1.165, 1.54) is 9.21 Å². The van der Waals surface area contributed by atoms with Gasteiger partial charge in [0.05, 0.1) is 11.4 Å². The average molecular weight is 323 g/mol. The average Bonchev–Trinajstić information content (AvgIpc) is 2.87. The Balaban J connectivity index is 1.70. The van der Waals surface area contributed by atoms with E-state index in [0.29, 0.717) is 25.9 Å². The summed E-state index contributed by atoms with van der Waals surface area (Å²) in [5, 5.41) is 2.49. The molecule has 1 N–H and O–H groups in total. The molecule has 0 aromatic heterocycles. The smallest absolute Gasteiger partial charge is 0.324 e. The van der Waals surface area contributed by atoms with Crippen LogP contribution in [0.15, 0.2) is 35.2 Å². The largest absolute Gasteiger partial charge is 0.329 e. The van der Waals surface area contributed by atoms with E-state index in [-0.39, 0.29) is 29.4 Å². The molecule has 2 aliphatic heterocycles. The van der Waals surface area contributed by atoms with Gasteiger partial charge in [0.25, 0.3) is 0 Å². The van der Waals surface area contributed by atoms with Gasteiger partial charge in [-0.05, 0) is 25.0 Å². The topological polar surface area (TPSA) is 86.8 Å². The van der Waals surface area contributed by atoms with Crippen molar-refractivity contribution in [1.29, 1.82) is 0 Å². The molecule has 22 heavy (non-hydrogen) atoms. The molecule has 1 aromatic rings. The first-order valence-corrected chi connectivity index (χ1v) is 8.59. The van der Waals surface area contributed by atoms with Crippen molar-refractivity contribution in [2.75, 3.05) is 19.6 Å². The molecule has 8 heteroatoms. The zero-order chi connectivity index (χ0) is 15.7. The van der Waals surface area contributed by atoms with Gasteiger partial charge < -0.3 is 5.32 Å². The van der Waals surface area contributed by atoms with Gasteiger partial charge in [0.2, 0.25) is 15.9 Å². The maximum atomic E-state index is 12.5. The molecule has 2 saturated heterocycles. The van der Waals surface area contributed by atoms with Gasteiger partial charge in [0, 0.05) is 19.1 Å².